The number of carbonyl (C=O) groups excluding carboxylic acids is 1. The van der Waals surface area contributed by atoms with E-state index in [2.05, 4.69) is 29.4 Å². The van der Waals surface area contributed by atoms with Gasteiger partial charge in [0.1, 0.15) is 0 Å². The van der Waals surface area contributed by atoms with E-state index in [0.29, 0.717) is 6.04 Å². The molecular formula is C16H26IN2O2-. The van der Waals surface area contributed by atoms with E-state index in [9.17, 15) is 4.79 Å². The molecule has 2 aliphatic carbocycles. The van der Waals surface area contributed by atoms with Crippen molar-refractivity contribution in [3.05, 3.63) is 0 Å². The molecule has 7 atom stereocenters. The number of esters is 1. The Morgan fingerprint density at radius 3 is 2.76 bits per heavy atom. The SMILES string of the molecule is C[I-]C(C)(C(=O)OC1NCC2C3CCC(C3)C12C)C1CN1. The van der Waals surface area contributed by atoms with Gasteiger partial charge < -0.3 is 0 Å². The van der Waals surface area contributed by atoms with Crippen LogP contribution < -0.4 is 31.8 Å². The van der Waals surface area contributed by atoms with Crippen LogP contribution in [0.2, 0.25) is 0 Å². The number of nitrogens with one attached hydrogen (secondary N) is 2. The van der Waals surface area contributed by atoms with E-state index in [-0.39, 0.29) is 42.2 Å². The van der Waals surface area contributed by atoms with Crippen LogP contribution in [0.1, 0.15) is 33.1 Å². The Hall–Kier alpha value is 0.120. The Morgan fingerprint density at radius 2 is 2.10 bits per heavy atom. The second kappa shape index (κ2) is 4.81. The maximum atomic E-state index is 12.8. The number of rotatable bonds is 4. The minimum absolute atomic E-state index is 0.0370. The average molecular weight is 405 g/mol. The zero-order valence-electron chi connectivity index (χ0n) is 13.1. The van der Waals surface area contributed by atoms with E-state index >= 15 is 0 Å². The minimum atomic E-state index is -0.257. The molecule has 2 aliphatic heterocycles. The van der Waals surface area contributed by atoms with Gasteiger partial charge in [-0.15, -0.1) is 0 Å². The summed E-state index contributed by atoms with van der Waals surface area (Å²) in [5, 5.41) is 6.86. The maximum absolute atomic E-state index is 12.8. The molecule has 120 valence electrons. The van der Waals surface area contributed by atoms with Crippen molar-refractivity contribution in [1.29, 1.82) is 0 Å². The van der Waals surface area contributed by atoms with Crippen LogP contribution in [0.3, 0.4) is 0 Å². The van der Waals surface area contributed by atoms with Crippen molar-refractivity contribution in [2.75, 3.05) is 18.0 Å². The number of fused-ring (bicyclic) bond motifs is 5. The van der Waals surface area contributed by atoms with E-state index in [0.717, 1.165) is 30.8 Å². The molecule has 0 aromatic rings. The first-order chi connectivity index (χ1) is 10.00. The molecule has 2 bridgehead atoms. The molecule has 21 heavy (non-hydrogen) atoms. The molecule has 2 saturated heterocycles. The summed E-state index contributed by atoms with van der Waals surface area (Å²) in [6.45, 7) is 6.48. The number of halogens is 1. The fraction of sp³-hybridized carbons (Fsp3) is 0.938. The summed E-state index contributed by atoms with van der Waals surface area (Å²) in [6, 6.07) is 0.354. The summed E-state index contributed by atoms with van der Waals surface area (Å²) in [7, 11) is 0. The molecule has 4 aliphatic rings. The molecule has 4 fully saturated rings. The van der Waals surface area contributed by atoms with Crippen LogP contribution in [-0.2, 0) is 9.53 Å². The zero-order valence-corrected chi connectivity index (χ0v) is 15.3. The van der Waals surface area contributed by atoms with Gasteiger partial charge >= 0.3 is 137 Å². The Kier molecular flexibility index (Phi) is 3.36. The number of hydrogen-bond acceptors (Lipinski definition) is 4. The third-order valence-electron chi connectivity index (χ3n) is 6.89. The van der Waals surface area contributed by atoms with Crippen LogP contribution in [0.4, 0.5) is 0 Å². The van der Waals surface area contributed by atoms with E-state index < -0.39 is 0 Å². The van der Waals surface area contributed by atoms with Crippen molar-refractivity contribution in [1.82, 2.24) is 10.6 Å². The van der Waals surface area contributed by atoms with Crippen molar-refractivity contribution in [3.63, 3.8) is 0 Å². The second-order valence-electron chi connectivity index (χ2n) is 7.66. The first-order valence-electron chi connectivity index (χ1n) is 8.18. The van der Waals surface area contributed by atoms with E-state index in [1.165, 1.54) is 19.3 Å². The second-order valence-corrected chi connectivity index (χ2v) is 11.0. The fourth-order valence-corrected chi connectivity index (χ4v) is 6.95. The van der Waals surface area contributed by atoms with E-state index in [4.69, 9.17) is 4.74 Å². The number of alkyl halides is 2. The monoisotopic (exact) mass is 405 g/mol. The molecule has 7 unspecified atom stereocenters. The fourth-order valence-electron chi connectivity index (χ4n) is 5.19. The van der Waals surface area contributed by atoms with Crippen molar-refractivity contribution < 1.29 is 30.7 Å². The van der Waals surface area contributed by atoms with Crippen molar-refractivity contribution in [2.45, 2.75) is 48.8 Å². The van der Waals surface area contributed by atoms with Crippen LogP contribution >= 0.6 is 0 Å². The van der Waals surface area contributed by atoms with Crippen molar-refractivity contribution in [2.24, 2.45) is 23.2 Å². The van der Waals surface area contributed by atoms with Gasteiger partial charge in [0.05, 0.1) is 0 Å². The number of hydrogen-bond donors (Lipinski definition) is 2. The third kappa shape index (κ3) is 1.96. The predicted octanol–water partition coefficient (Wildman–Crippen LogP) is -2.04. The van der Waals surface area contributed by atoms with Gasteiger partial charge in [-0.25, -0.2) is 0 Å². The van der Waals surface area contributed by atoms with Gasteiger partial charge in [0.15, 0.2) is 0 Å². The van der Waals surface area contributed by atoms with E-state index in [1.54, 1.807) is 0 Å². The summed E-state index contributed by atoms with van der Waals surface area (Å²) < 4.78 is 5.82. The molecule has 0 spiro atoms. The normalized spacial score (nSPS) is 50.0. The summed E-state index contributed by atoms with van der Waals surface area (Å²) >= 11 is -0.185. The number of carbonyl (C=O) groups is 1. The third-order valence-corrected chi connectivity index (χ3v) is 10.3. The molecule has 0 amide bonds. The quantitative estimate of drug-likeness (QED) is 0.245. The molecular weight excluding hydrogens is 379 g/mol. The summed E-state index contributed by atoms with van der Waals surface area (Å²) in [6.07, 6.45) is 4.02. The van der Waals surface area contributed by atoms with Gasteiger partial charge in [-0.1, -0.05) is 0 Å². The van der Waals surface area contributed by atoms with Crippen molar-refractivity contribution in [3.8, 4) is 0 Å². The molecule has 0 aromatic carbocycles. The standard InChI is InChI=1S/C16H26IN2O2/c1-15-10-5-4-9(6-10)11(15)7-19-13(15)21-14(20)16(2,17-3)12-8-18-12/h9-13,18-19H,4-8H2,1-3H3/q-1. The molecule has 4 nitrogen and oxygen atoms in total. The molecule has 0 radical (unpaired) electrons. The molecule has 2 saturated carbocycles. The summed E-state index contributed by atoms with van der Waals surface area (Å²) in [5.74, 6) is 2.37. The Labute approximate surface area is 137 Å². The van der Waals surface area contributed by atoms with Crippen molar-refractivity contribution >= 4 is 5.97 Å². The van der Waals surface area contributed by atoms with Gasteiger partial charge in [-0.2, -0.15) is 0 Å². The topological polar surface area (TPSA) is 60.3 Å². The summed E-state index contributed by atoms with van der Waals surface area (Å²) in [4.78, 5) is 15.0. The molecule has 2 N–H and O–H groups in total. The Bertz CT molecular complexity index is 469. The van der Waals surface area contributed by atoms with Crippen LogP contribution in [-0.4, -0.2) is 39.7 Å². The van der Waals surface area contributed by atoms with Gasteiger partial charge in [0.25, 0.3) is 0 Å². The van der Waals surface area contributed by atoms with Crippen LogP contribution in [0, 0.1) is 23.2 Å². The molecule has 0 aromatic heterocycles. The first-order valence-corrected chi connectivity index (χ1v) is 11.4. The molecule has 4 rings (SSSR count). The van der Waals surface area contributed by atoms with Crippen LogP contribution in [0.15, 0.2) is 0 Å². The van der Waals surface area contributed by atoms with Crippen LogP contribution in [0.25, 0.3) is 0 Å². The van der Waals surface area contributed by atoms with Gasteiger partial charge in [0.2, 0.25) is 0 Å². The van der Waals surface area contributed by atoms with Gasteiger partial charge in [-0.05, 0) is 0 Å². The average Bonchev–Trinajstić information content (AvgIpc) is 3.04. The van der Waals surface area contributed by atoms with Gasteiger partial charge in [-0.3, -0.25) is 0 Å². The molecule has 2 heterocycles. The first kappa shape index (κ1) is 14.7. The Balaban J connectivity index is 1.51. The van der Waals surface area contributed by atoms with Gasteiger partial charge in [0, 0.05) is 0 Å². The summed E-state index contributed by atoms with van der Waals surface area (Å²) in [5.41, 5.74) is 0.183. The van der Waals surface area contributed by atoms with E-state index in [1.807, 2.05) is 0 Å². The Morgan fingerprint density at radius 1 is 1.33 bits per heavy atom. The van der Waals surface area contributed by atoms with Crippen LogP contribution in [0.5, 0.6) is 0 Å². The number of ether oxygens (including phenoxy) is 1. The molecule has 5 heteroatoms. The zero-order chi connectivity index (χ0) is 14.8. The predicted molar refractivity (Wildman–Crippen MR) is 76.4 cm³/mol.